The Morgan fingerprint density at radius 1 is 1.29 bits per heavy atom. The summed E-state index contributed by atoms with van der Waals surface area (Å²) >= 11 is 1.27. The van der Waals surface area contributed by atoms with Crippen molar-refractivity contribution in [3.8, 4) is 5.75 Å². The summed E-state index contributed by atoms with van der Waals surface area (Å²) in [5.74, 6) is 1.59. The molecule has 0 spiro atoms. The lowest BCUT2D eigenvalue weighted by molar-refractivity contribution is -0.883. The number of likely N-dealkylation sites (N-methyl/N-ethyl adjacent to an activating group) is 1. The fourth-order valence-electron chi connectivity index (χ4n) is 2.37. The maximum absolute atomic E-state index is 12.2. The Labute approximate surface area is 145 Å². The average molecular weight is 349 g/mol. The van der Waals surface area contributed by atoms with Crippen LogP contribution in [-0.4, -0.2) is 60.0 Å². The highest BCUT2D eigenvalue weighted by Gasteiger charge is 2.22. The maximum atomic E-state index is 12.2. The van der Waals surface area contributed by atoms with E-state index in [1.807, 2.05) is 35.2 Å². The van der Waals surface area contributed by atoms with E-state index in [4.69, 9.17) is 9.15 Å². The summed E-state index contributed by atoms with van der Waals surface area (Å²) in [7, 11) is 2.15. The number of aromatic nitrogens is 2. The molecule has 2 aromatic rings. The van der Waals surface area contributed by atoms with E-state index in [0.717, 1.165) is 31.9 Å². The van der Waals surface area contributed by atoms with E-state index in [1.165, 1.54) is 16.7 Å². The third-order valence-corrected chi connectivity index (χ3v) is 4.65. The van der Waals surface area contributed by atoms with Crippen LogP contribution < -0.4 is 9.64 Å². The normalized spacial score (nSPS) is 15.5. The van der Waals surface area contributed by atoms with Crippen molar-refractivity contribution in [1.82, 2.24) is 15.1 Å². The first-order valence-electron chi connectivity index (χ1n) is 7.93. The Bertz CT molecular complexity index is 656. The topological polar surface area (TPSA) is 72.9 Å². The number of nitrogens with one attached hydrogen (secondary N) is 1. The number of rotatable bonds is 6. The van der Waals surface area contributed by atoms with E-state index >= 15 is 0 Å². The van der Waals surface area contributed by atoms with Crippen molar-refractivity contribution >= 4 is 17.7 Å². The number of amides is 1. The molecule has 24 heavy (non-hydrogen) atoms. The number of hydrogen-bond donors (Lipinski definition) is 1. The highest BCUT2D eigenvalue weighted by atomic mass is 32.2. The lowest BCUT2D eigenvalue weighted by Crippen LogP contribution is -3.12. The smallest absolute Gasteiger partial charge is 0.277 e. The van der Waals surface area contributed by atoms with Gasteiger partial charge in [-0.3, -0.25) is 4.79 Å². The zero-order valence-electron chi connectivity index (χ0n) is 13.6. The molecule has 0 unspecified atom stereocenters. The summed E-state index contributed by atoms with van der Waals surface area (Å²) in [6.45, 7) is 3.83. The molecule has 0 radical (unpaired) electrons. The van der Waals surface area contributed by atoms with Crippen LogP contribution in [0.5, 0.6) is 5.75 Å². The number of benzene rings is 1. The van der Waals surface area contributed by atoms with Gasteiger partial charge in [0.15, 0.2) is 6.61 Å². The van der Waals surface area contributed by atoms with Gasteiger partial charge in [0.25, 0.3) is 11.1 Å². The van der Waals surface area contributed by atoms with Gasteiger partial charge in [-0.2, -0.15) is 0 Å². The van der Waals surface area contributed by atoms with Crippen LogP contribution >= 0.6 is 11.8 Å². The van der Waals surface area contributed by atoms with Gasteiger partial charge in [-0.05, 0) is 12.1 Å². The second-order valence-electron chi connectivity index (χ2n) is 5.69. The molecule has 0 bridgehead atoms. The third kappa shape index (κ3) is 4.72. The number of carbonyl (C=O) groups is 1. The number of piperazine rings is 1. The predicted molar refractivity (Wildman–Crippen MR) is 89.0 cm³/mol. The van der Waals surface area contributed by atoms with Gasteiger partial charge in [-0.25, -0.2) is 0 Å². The van der Waals surface area contributed by atoms with Crippen LogP contribution in [0, 0.1) is 0 Å². The molecule has 1 fully saturated rings. The van der Waals surface area contributed by atoms with Crippen LogP contribution in [0.1, 0.15) is 5.89 Å². The Kier molecular flexibility index (Phi) is 5.71. The number of thioether (sulfide) groups is 1. The lowest BCUT2D eigenvalue weighted by Gasteiger charge is -2.29. The van der Waals surface area contributed by atoms with Gasteiger partial charge in [0.1, 0.15) is 5.75 Å². The summed E-state index contributed by atoms with van der Waals surface area (Å²) in [6, 6.07) is 9.45. The summed E-state index contributed by atoms with van der Waals surface area (Å²) in [5.41, 5.74) is 0. The summed E-state index contributed by atoms with van der Waals surface area (Å²) < 4.78 is 11.1. The molecule has 0 aliphatic carbocycles. The van der Waals surface area contributed by atoms with E-state index < -0.39 is 0 Å². The number of nitrogens with zero attached hydrogens (tertiary/aromatic N) is 3. The summed E-state index contributed by atoms with van der Waals surface area (Å²) in [5, 5.41) is 8.29. The van der Waals surface area contributed by atoms with Gasteiger partial charge in [0.05, 0.1) is 39.0 Å². The van der Waals surface area contributed by atoms with Crippen molar-refractivity contribution in [3.05, 3.63) is 36.2 Å². The molecule has 7 nitrogen and oxygen atoms in total. The van der Waals surface area contributed by atoms with Crippen LogP contribution in [-0.2, 0) is 11.4 Å². The first-order chi connectivity index (χ1) is 11.7. The van der Waals surface area contributed by atoms with Gasteiger partial charge in [-0.15, -0.1) is 10.2 Å². The van der Waals surface area contributed by atoms with Crippen LogP contribution in [0.4, 0.5) is 0 Å². The Balaban J connectivity index is 1.43. The third-order valence-electron chi connectivity index (χ3n) is 3.84. The fraction of sp³-hybridized carbons (Fsp3) is 0.438. The Morgan fingerprint density at radius 2 is 2.04 bits per heavy atom. The summed E-state index contributed by atoms with van der Waals surface area (Å²) in [6.07, 6.45) is 0. The number of para-hydroxylation sites is 1. The van der Waals surface area contributed by atoms with Crippen molar-refractivity contribution in [2.24, 2.45) is 0 Å². The second-order valence-corrected chi connectivity index (χ2v) is 6.62. The SMILES string of the molecule is C[NH+]1CCN(C(=O)CSc2nnc(COc3ccccc3)o2)CC1. The van der Waals surface area contributed by atoms with Crippen LogP contribution in [0.3, 0.4) is 0 Å². The lowest BCUT2D eigenvalue weighted by atomic mass is 10.3. The first kappa shape index (κ1) is 16.8. The second kappa shape index (κ2) is 8.16. The van der Waals surface area contributed by atoms with Crippen LogP contribution in [0.15, 0.2) is 40.0 Å². The molecular weight excluding hydrogens is 328 g/mol. The van der Waals surface area contributed by atoms with Gasteiger partial charge in [-0.1, -0.05) is 30.0 Å². The molecule has 1 saturated heterocycles. The number of carbonyl (C=O) groups excluding carboxylic acids is 1. The quantitative estimate of drug-likeness (QED) is 0.746. The molecule has 1 N–H and O–H groups in total. The molecule has 1 aromatic carbocycles. The van der Waals surface area contributed by atoms with Crippen LogP contribution in [0.2, 0.25) is 0 Å². The minimum Gasteiger partial charge on any atom is -0.484 e. The zero-order valence-corrected chi connectivity index (χ0v) is 14.4. The Morgan fingerprint density at radius 3 is 2.79 bits per heavy atom. The summed E-state index contributed by atoms with van der Waals surface area (Å²) in [4.78, 5) is 15.5. The van der Waals surface area contributed by atoms with Crippen molar-refractivity contribution in [1.29, 1.82) is 0 Å². The van der Waals surface area contributed by atoms with E-state index in [-0.39, 0.29) is 12.5 Å². The molecule has 1 aromatic heterocycles. The molecule has 0 saturated carbocycles. The molecule has 3 rings (SSSR count). The number of ether oxygens (including phenoxy) is 1. The fourth-order valence-corrected chi connectivity index (χ4v) is 3.05. The monoisotopic (exact) mass is 349 g/mol. The molecular formula is C16H21N4O3S+. The van der Waals surface area contributed by atoms with Crippen molar-refractivity contribution in [2.75, 3.05) is 39.0 Å². The molecule has 8 heteroatoms. The Hall–Kier alpha value is -2.06. The van der Waals surface area contributed by atoms with Gasteiger partial charge in [0.2, 0.25) is 5.91 Å². The van der Waals surface area contributed by atoms with Gasteiger partial charge >= 0.3 is 0 Å². The van der Waals surface area contributed by atoms with Gasteiger partial charge in [0, 0.05) is 0 Å². The molecule has 2 heterocycles. The van der Waals surface area contributed by atoms with E-state index in [0.29, 0.717) is 16.9 Å². The molecule has 128 valence electrons. The first-order valence-corrected chi connectivity index (χ1v) is 8.91. The largest absolute Gasteiger partial charge is 0.484 e. The van der Waals surface area contributed by atoms with E-state index in [9.17, 15) is 4.79 Å². The van der Waals surface area contributed by atoms with Crippen LogP contribution in [0.25, 0.3) is 0 Å². The number of hydrogen-bond acceptors (Lipinski definition) is 6. The molecule has 0 atom stereocenters. The molecule has 1 amide bonds. The van der Waals surface area contributed by atoms with Crippen molar-refractivity contribution in [3.63, 3.8) is 0 Å². The van der Waals surface area contributed by atoms with Gasteiger partial charge < -0.3 is 19.0 Å². The maximum Gasteiger partial charge on any atom is 0.277 e. The molecule has 1 aliphatic heterocycles. The highest BCUT2D eigenvalue weighted by Crippen LogP contribution is 2.18. The average Bonchev–Trinajstić information content (AvgIpc) is 3.07. The number of quaternary nitrogens is 1. The van der Waals surface area contributed by atoms with Crippen molar-refractivity contribution in [2.45, 2.75) is 11.8 Å². The van der Waals surface area contributed by atoms with Crippen molar-refractivity contribution < 1.29 is 18.8 Å². The molecule has 1 aliphatic rings. The minimum atomic E-state index is 0.118. The standard InChI is InChI=1S/C16H20N4O3S/c1-19-7-9-20(10-8-19)15(21)12-24-16-18-17-14(23-16)11-22-13-5-3-2-4-6-13/h2-6H,7-12H2,1H3/p+1. The predicted octanol–water partition coefficient (Wildman–Crippen LogP) is 0.0976. The van der Waals surface area contributed by atoms with E-state index in [2.05, 4.69) is 17.2 Å². The van der Waals surface area contributed by atoms with E-state index in [1.54, 1.807) is 0 Å². The zero-order chi connectivity index (χ0) is 16.8. The highest BCUT2D eigenvalue weighted by molar-refractivity contribution is 7.99. The minimum absolute atomic E-state index is 0.118.